The lowest BCUT2D eigenvalue weighted by molar-refractivity contribution is 0.483. The number of benzene rings is 2. The molecule has 0 fully saturated rings. The van der Waals surface area contributed by atoms with Gasteiger partial charge in [-0.25, -0.2) is 14.6 Å². The molecule has 29 heavy (non-hydrogen) atoms. The molecule has 3 aromatic heterocycles. The minimum absolute atomic E-state index is 0.125. The number of fused-ring (bicyclic) bond motifs is 4. The van der Waals surface area contributed by atoms with Gasteiger partial charge in [0.05, 0.1) is 12.7 Å². The third-order valence-corrected chi connectivity index (χ3v) is 5.33. The molecule has 0 spiro atoms. The molecule has 0 atom stereocenters. The molecule has 5 aromatic rings. The van der Waals surface area contributed by atoms with Crippen molar-refractivity contribution in [1.82, 2.24) is 24.3 Å². The van der Waals surface area contributed by atoms with E-state index in [9.17, 15) is 4.79 Å². The van der Waals surface area contributed by atoms with Gasteiger partial charge in [0.15, 0.2) is 10.3 Å². The molecule has 2 aromatic carbocycles. The third kappa shape index (κ3) is 2.91. The van der Waals surface area contributed by atoms with Crippen LogP contribution in [0.4, 0.5) is 0 Å². The van der Waals surface area contributed by atoms with Crippen LogP contribution in [0.2, 0.25) is 0 Å². The van der Waals surface area contributed by atoms with Crippen molar-refractivity contribution in [2.75, 3.05) is 0 Å². The highest BCUT2D eigenvalue weighted by Crippen LogP contribution is 2.26. The predicted molar refractivity (Wildman–Crippen MR) is 114 cm³/mol. The average molecular weight is 448 g/mol. The van der Waals surface area contributed by atoms with Gasteiger partial charge in [-0.1, -0.05) is 36.3 Å². The Kier molecular flexibility index (Phi) is 4.18. The van der Waals surface area contributed by atoms with Crippen molar-refractivity contribution in [2.45, 2.75) is 20.0 Å². The maximum absolute atomic E-state index is 13.1. The van der Waals surface area contributed by atoms with Crippen LogP contribution in [0.1, 0.15) is 12.8 Å². The van der Waals surface area contributed by atoms with Gasteiger partial charge >= 0.3 is 0 Å². The van der Waals surface area contributed by atoms with E-state index in [1.807, 2.05) is 36.4 Å². The molecule has 0 N–H and O–H groups in total. The number of oxazole rings is 1. The second kappa shape index (κ2) is 6.87. The quantitative estimate of drug-likeness (QED) is 0.393. The van der Waals surface area contributed by atoms with Crippen LogP contribution in [0.5, 0.6) is 0 Å². The summed E-state index contributed by atoms with van der Waals surface area (Å²) in [6.07, 6.45) is 1.56. The molecule has 0 aliphatic carbocycles. The molecular weight excluding hydrogens is 434 g/mol. The van der Waals surface area contributed by atoms with Crippen molar-refractivity contribution in [2.24, 2.45) is 0 Å². The highest BCUT2D eigenvalue weighted by atomic mass is 79.9. The zero-order chi connectivity index (χ0) is 20.0. The lowest BCUT2D eigenvalue weighted by atomic mass is 10.1. The topological polar surface area (TPSA) is 78.7 Å². The van der Waals surface area contributed by atoms with Crippen LogP contribution in [-0.2, 0) is 13.1 Å². The van der Waals surface area contributed by atoms with Gasteiger partial charge in [-0.2, -0.15) is 5.10 Å². The van der Waals surface area contributed by atoms with Gasteiger partial charge in [-0.15, -0.1) is 5.92 Å². The Morgan fingerprint density at radius 1 is 1.14 bits per heavy atom. The van der Waals surface area contributed by atoms with Crippen LogP contribution in [0.3, 0.4) is 0 Å². The third-order valence-electron chi connectivity index (χ3n) is 4.73. The van der Waals surface area contributed by atoms with Crippen molar-refractivity contribution in [3.05, 3.63) is 63.6 Å². The molecule has 0 bridgehead atoms. The Labute approximate surface area is 173 Å². The van der Waals surface area contributed by atoms with Crippen LogP contribution in [-0.4, -0.2) is 24.3 Å². The molecule has 5 rings (SSSR count). The van der Waals surface area contributed by atoms with E-state index < -0.39 is 0 Å². The molecule has 0 saturated carbocycles. The van der Waals surface area contributed by atoms with Gasteiger partial charge in [0.2, 0.25) is 5.89 Å². The predicted octanol–water partition coefficient (Wildman–Crippen LogP) is 3.72. The van der Waals surface area contributed by atoms with E-state index in [0.717, 1.165) is 16.3 Å². The first kappa shape index (κ1) is 17.6. The number of nitrogens with zero attached hydrogens (tertiary/aromatic N) is 5. The highest BCUT2D eigenvalue weighted by Gasteiger charge is 2.16. The summed E-state index contributed by atoms with van der Waals surface area (Å²) in [5.41, 5.74) is 2.14. The maximum Gasteiger partial charge on any atom is 0.293 e. The van der Waals surface area contributed by atoms with Gasteiger partial charge in [-0.05, 0) is 34.3 Å². The van der Waals surface area contributed by atoms with Crippen molar-refractivity contribution in [3.63, 3.8) is 0 Å². The van der Waals surface area contributed by atoms with E-state index in [1.54, 1.807) is 17.7 Å². The molecule has 0 unspecified atom stereocenters. The fraction of sp³-hybridized carbons (Fsp3) is 0.143. The fourth-order valence-electron chi connectivity index (χ4n) is 3.37. The van der Waals surface area contributed by atoms with Crippen LogP contribution >= 0.6 is 15.9 Å². The zero-order valence-corrected chi connectivity index (χ0v) is 17.0. The first-order valence-electron chi connectivity index (χ1n) is 8.94. The van der Waals surface area contributed by atoms with E-state index in [4.69, 9.17) is 4.42 Å². The van der Waals surface area contributed by atoms with Gasteiger partial charge < -0.3 is 8.98 Å². The molecule has 142 valence electrons. The van der Waals surface area contributed by atoms with E-state index in [-0.39, 0.29) is 12.1 Å². The minimum atomic E-state index is -0.272. The second-order valence-electron chi connectivity index (χ2n) is 6.48. The van der Waals surface area contributed by atoms with Crippen molar-refractivity contribution < 1.29 is 4.42 Å². The Balaban J connectivity index is 1.61. The standard InChI is InChI=1S/C21H14BrN5O2/c1-2-3-10-26-18-16(25-21(26)22)11-23-27(20(18)28)12-17-24-15-9-8-13-6-4-5-7-14(13)19(15)29-17/h4-9,11H,10,12H2,1H3. The normalized spacial score (nSPS) is 11.2. The van der Waals surface area contributed by atoms with Crippen LogP contribution in [0.15, 0.2) is 56.5 Å². The molecular formula is C21H14BrN5O2. The SMILES string of the molecule is CC#CCn1c(Br)nc2cnn(Cc3nc4ccc5ccccc5c4o3)c(=O)c21. The first-order valence-corrected chi connectivity index (χ1v) is 9.73. The van der Waals surface area contributed by atoms with Crippen LogP contribution < -0.4 is 5.56 Å². The maximum atomic E-state index is 13.1. The molecule has 0 aliphatic rings. The number of imidazole rings is 1. The van der Waals surface area contributed by atoms with Crippen molar-refractivity contribution >= 4 is 48.8 Å². The first-order chi connectivity index (χ1) is 14.2. The summed E-state index contributed by atoms with van der Waals surface area (Å²) < 4.78 is 9.59. The molecule has 0 amide bonds. The van der Waals surface area contributed by atoms with Crippen LogP contribution in [0, 0.1) is 11.8 Å². The van der Waals surface area contributed by atoms with E-state index in [2.05, 4.69) is 42.8 Å². The summed E-state index contributed by atoms with van der Waals surface area (Å²) >= 11 is 3.39. The average Bonchev–Trinajstić information content (AvgIpc) is 3.29. The number of halogens is 1. The summed E-state index contributed by atoms with van der Waals surface area (Å²) in [4.78, 5) is 21.9. The van der Waals surface area contributed by atoms with Crippen LogP contribution in [0.25, 0.3) is 32.9 Å². The summed E-state index contributed by atoms with van der Waals surface area (Å²) in [5, 5.41) is 6.30. The Bertz CT molecular complexity index is 1520. The number of rotatable bonds is 3. The highest BCUT2D eigenvalue weighted by molar-refractivity contribution is 9.10. The second-order valence-corrected chi connectivity index (χ2v) is 7.19. The lowest BCUT2D eigenvalue weighted by Gasteiger charge is -2.03. The van der Waals surface area contributed by atoms with Gasteiger partial charge in [-0.3, -0.25) is 4.79 Å². The molecule has 7 nitrogen and oxygen atoms in total. The zero-order valence-electron chi connectivity index (χ0n) is 15.4. The Morgan fingerprint density at radius 3 is 2.86 bits per heavy atom. The molecule has 0 aliphatic heterocycles. The number of aromatic nitrogens is 5. The van der Waals surface area contributed by atoms with E-state index in [1.165, 1.54) is 4.68 Å². The fourth-order valence-corrected chi connectivity index (χ4v) is 3.86. The molecule has 3 heterocycles. The number of hydrogen-bond donors (Lipinski definition) is 0. The summed E-state index contributed by atoms with van der Waals surface area (Å²) in [5.74, 6) is 6.21. The van der Waals surface area contributed by atoms with Gasteiger partial charge in [0.25, 0.3) is 5.56 Å². The summed E-state index contributed by atoms with van der Waals surface area (Å²) in [6.45, 7) is 2.24. The van der Waals surface area contributed by atoms with Gasteiger partial charge in [0.1, 0.15) is 23.1 Å². The van der Waals surface area contributed by atoms with Gasteiger partial charge in [0, 0.05) is 5.39 Å². The molecule has 8 heteroatoms. The summed E-state index contributed by atoms with van der Waals surface area (Å²) in [7, 11) is 0. The Hall–Kier alpha value is -3.44. The van der Waals surface area contributed by atoms with E-state index in [0.29, 0.717) is 33.8 Å². The minimum Gasteiger partial charge on any atom is -0.438 e. The monoisotopic (exact) mass is 447 g/mol. The molecule has 0 radical (unpaired) electrons. The largest absolute Gasteiger partial charge is 0.438 e. The number of hydrogen-bond acceptors (Lipinski definition) is 5. The Morgan fingerprint density at radius 2 is 2.00 bits per heavy atom. The van der Waals surface area contributed by atoms with Crippen molar-refractivity contribution in [3.8, 4) is 11.8 Å². The molecule has 0 saturated heterocycles. The summed E-state index contributed by atoms with van der Waals surface area (Å²) in [6, 6.07) is 11.9. The smallest absolute Gasteiger partial charge is 0.293 e. The van der Waals surface area contributed by atoms with E-state index >= 15 is 0 Å². The van der Waals surface area contributed by atoms with Crippen molar-refractivity contribution in [1.29, 1.82) is 0 Å². The lowest BCUT2D eigenvalue weighted by Crippen LogP contribution is -2.25.